The van der Waals surface area contributed by atoms with E-state index in [1.54, 1.807) is 0 Å². The number of thioether (sulfide) groups is 1. The molecule has 0 radical (unpaired) electrons. The summed E-state index contributed by atoms with van der Waals surface area (Å²) in [6.07, 6.45) is 1.01. The van der Waals surface area contributed by atoms with Crippen LogP contribution in [-0.2, 0) is 10.2 Å². The fourth-order valence-corrected chi connectivity index (χ4v) is 3.44. The maximum absolute atomic E-state index is 12.2. The SMILES string of the molecule is CC(C)(C)c1ccccc1NC(=O)C1CCSC1. The third-order valence-corrected chi connectivity index (χ3v) is 4.46. The Morgan fingerprint density at radius 3 is 2.67 bits per heavy atom. The standard InChI is InChI=1S/C15H21NOS/c1-15(2,3)12-6-4-5-7-13(12)16-14(17)11-8-9-18-10-11/h4-7,11H,8-10H2,1-3H3,(H,16,17). The summed E-state index contributed by atoms with van der Waals surface area (Å²) in [6, 6.07) is 8.11. The molecule has 2 rings (SSSR count). The lowest BCUT2D eigenvalue weighted by Gasteiger charge is -2.23. The molecule has 1 amide bonds. The van der Waals surface area contributed by atoms with Gasteiger partial charge in [0.2, 0.25) is 5.91 Å². The average Bonchev–Trinajstić information content (AvgIpc) is 2.81. The second-order valence-electron chi connectivity index (χ2n) is 5.85. The van der Waals surface area contributed by atoms with E-state index in [0.717, 1.165) is 23.6 Å². The van der Waals surface area contributed by atoms with Crippen LogP contribution in [0.5, 0.6) is 0 Å². The van der Waals surface area contributed by atoms with Crippen molar-refractivity contribution in [2.45, 2.75) is 32.6 Å². The zero-order valence-corrected chi connectivity index (χ0v) is 12.1. The van der Waals surface area contributed by atoms with E-state index >= 15 is 0 Å². The van der Waals surface area contributed by atoms with Crippen LogP contribution in [0, 0.1) is 5.92 Å². The number of amides is 1. The summed E-state index contributed by atoms with van der Waals surface area (Å²) >= 11 is 1.87. The summed E-state index contributed by atoms with van der Waals surface area (Å²) in [5.74, 6) is 2.43. The van der Waals surface area contributed by atoms with Gasteiger partial charge in [-0.3, -0.25) is 4.79 Å². The number of rotatable bonds is 2. The number of hydrogen-bond donors (Lipinski definition) is 1. The van der Waals surface area contributed by atoms with Gasteiger partial charge >= 0.3 is 0 Å². The van der Waals surface area contributed by atoms with Crippen LogP contribution in [0.4, 0.5) is 5.69 Å². The lowest BCUT2D eigenvalue weighted by Crippen LogP contribution is -2.24. The van der Waals surface area contributed by atoms with Gasteiger partial charge in [-0.1, -0.05) is 39.0 Å². The van der Waals surface area contributed by atoms with Crippen molar-refractivity contribution < 1.29 is 4.79 Å². The van der Waals surface area contributed by atoms with Crippen LogP contribution in [0.15, 0.2) is 24.3 Å². The summed E-state index contributed by atoms with van der Waals surface area (Å²) < 4.78 is 0. The van der Waals surface area contributed by atoms with Crippen molar-refractivity contribution in [1.29, 1.82) is 0 Å². The summed E-state index contributed by atoms with van der Waals surface area (Å²) in [6.45, 7) is 6.51. The molecule has 1 N–H and O–H groups in total. The highest BCUT2D eigenvalue weighted by molar-refractivity contribution is 7.99. The Balaban J connectivity index is 2.16. The molecule has 0 bridgehead atoms. The molecule has 1 unspecified atom stereocenters. The minimum Gasteiger partial charge on any atom is -0.326 e. The molecule has 1 atom stereocenters. The van der Waals surface area contributed by atoms with E-state index in [2.05, 4.69) is 32.2 Å². The molecule has 98 valence electrons. The molecular formula is C15H21NOS. The maximum Gasteiger partial charge on any atom is 0.228 e. The first kappa shape index (κ1) is 13.5. The van der Waals surface area contributed by atoms with E-state index in [0.29, 0.717) is 0 Å². The summed E-state index contributed by atoms with van der Waals surface area (Å²) in [4.78, 5) is 12.2. The Morgan fingerprint density at radius 1 is 1.33 bits per heavy atom. The number of carbonyl (C=O) groups is 1. The monoisotopic (exact) mass is 263 g/mol. The summed E-state index contributed by atoms with van der Waals surface area (Å²) in [5, 5.41) is 3.11. The van der Waals surface area contributed by atoms with Gasteiger partial charge < -0.3 is 5.32 Å². The maximum atomic E-state index is 12.2. The Morgan fingerprint density at radius 2 is 2.06 bits per heavy atom. The molecule has 2 nitrogen and oxygen atoms in total. The van der Waals surface area contributed by atoms with Crippen LogP contribution < -0.4 is 5.32 Å². The van der Waals surface area contributed by atoms with Crippen LogP contribution in [0.25, 0.3) is 0 Å². The fourth-order valence-electron chi connectivity index (χ4n) is 2.22. The second kappa shape index (κ2) is 5.35. The third kappa shape index (κ3) is 3.08. The average molecular weight is 263 g/mol. The molecule has 1 heterocycles. The van der Waals surface area contributed by atoms with Gasteiger partial charge in [0.1, 0.15) is 0 Å². The zero-order chi connectivity index (χ0) is 13.2. The number of nitrogens with one attached hydrogen (secondary N) is 1. The summed E-state index contributed by atoms with van der Waals surface area (Å²) in [5.41, 5.74) is 2.21. The predicted molar refractivity (Wildman–Crippen MR) is 79.2 cm³/mol. The molecule has 1 aromatic carbocycles. The van der Waals surface area contributed by atoms with E-state index < -0.39 is 0 Å². The van der Waals surface area contributed by atoms with Gasteiger partial charge in [-0.15, -0.1) is 0 Å². The van der Waals surface area contributed by atoms with Crippen molar-refractivity contribution in [2.24, 2.45) is 5.92 Å². The Labute approximate surface area is 114 Å². The highest BCUT2D eigenvalue weighted by atomic mass is 32.2. The van der Waals surface area contributed by atoms with Gasteiger partial charge in [0.05, 0.1) is 0 Å². The normalized spacial score (nSPS) is 19.8. The first-order valence-electron chi connectivity index (χ1n) is 6.46. The Bertz CT molecular complexity index is 430. The quantitative estimate of drug-likeness (QED) is 0.882. The molecule has 0 spiro atoms. The first-order chi connectivity index (χ1) is 8.48. The van der Waals surface area contributed by atoms with Gasteiger partial charge in [-0.25, -0.2) is 0 Å². The Kier molecular flexibility index (Phi) is 4.00. The Hall–Kier alpha value is -0.960. The number of para-hydroxylation sites is 1. The van der Waals surface area contributed by atoms with Crippen LogP contribution >= 0.6 is 11.8 Å². The van der Waals surface area contributed by atoms with Crippen molar-refractivity contribution in [2.75, 3.05) is 16.8 Å². The molecule has 0 aliphatic carbocycles. The number of anilines is 1. The van der Waals surface area contributed by atoms with E-state index in [1.165, 1.54) is 5.56 Å². The molecule has 18 heavy (non-hydrogen) atoms. The molecule has 3 heteroatoms. The van der Waals surface area contributed by atoms with Gasteiger partial charge in [0, 0.05) is 17.4 Å². The predicted octanol–water partition coefficient (Wildman–Crippen LogP) is 3.68. The largest absolute Gasteiger partial charge is 0.326 e. The van der Waals surface area contributed by atoms with Gasteiger partial charge in [-0.2, -0.15) is 11.8 Å². The van der Waals surface area contributed by atoms with Crippen LogP contribution in [0.3, 0.4) is 0 Å². The van der Waals surface area contributed by atoms with Crippen molar-refractivity contribution in [1.82, 2.24) is 0 Å². The van der Waals surface area contributed by atoms with Crippen molar-refractivity contribution >= 4 is 23.4 Å². The van der Waals surface area contributed by atoms with Crippen molar-refractivity contribution in [3.05, 3.63) is 29.8 Å². The molecular weight excluding hydrogens is 242 g/mol. The third-order valence-electron chi connectivity index (χ3n) is 3.29. The molecule has 1 aliphatic rings. The lowest BCUT2D eigenvalue weighted by molar-refractivity contribution is -0.119. The van der Waals surface area contributed by atoms with Crippen LogP contribution in [0.1, 0.15) is 32.8 Å². The minimum atomic E-state index is 0.0499. The molecule has 1 aromatic rings. The molecule has 0 saturated carbocycles. The molecule has 1 saturated heterocycles. The highest BCUT2D eigenvalue weighted by Crippen LogP contribution is 2.30. The molecule has 1 aliphatic heterocycles. The van der Waals surface area contributed by atoms with E-state index in [1.807, 2.05) is 30.0 Å². The summed E-state index contributed by atoms with van der Waals surface area (Å²) in [7, 11) is 0. The fraction of sp³-hybridized carbons (Fsp3) is 0.533. The zero-order valence-electron chi connectivity index (χ0n) is 11.3. The first-order valence-corrected chi connectivity index (χ1v) is 7.62. The molecule has 0 aromatic heterocycles. The van der Waals surface area contributed by atoms with E-state index in [-0.39, 0.29) is 17.2 Å². The highest BCUT2D eigenvalue weighted by Gasteiger charge is 2.25. The number of benzene rings is 1. The van der Waals surface area contributed by atoms with Gasteiger partial charge in [0.15, 0.2) is 0 Å². The minimum absolute atomic E-state index is 0.0499. The van der Waals surface area contributed by atoms with E-state index in [9.17, 15) is 4.79 Å². The second-order valence-corrected chi connectivity index (χ2v) is 7.00. The van der Waals surface area contributed by atoms with Gasteiger partial charge in [-0.05, 0) is 29.2 Å². The van der Waals surface area contributed by atoms with Gasteiger partial charge in [0.25, 0.3) is 0 Å². The van der Waals surface area contributed by atoms with Crippen LogP contribution in [-0.4, -0.2) is 17.4 Å². The smallest absolute Gasteiger partial charge is 0.228 e. The number of carbonyl (C=O) groups excluding carboxylic acids is 1. The van der Waals surface area contributed by atoms with Crippen LogP contribution in [0.2, 0.25) is 0 Å². The topological polar surface area (TPSA) is 29.1 Å². The van der Waals surface area contributed by atoms with E-state index in [4.69, 9.17) is 0 Å². The van der Waals surface area contributed by atoms with Crippen molar-refractivity contribution in [3.63, 3.8) is 0 Å². The number of hydrogen-bond acceptors (Lipinski definition) is 2. The lowest BCUT2D eigenvalue weighted by atomic mass is 9.85. The molecule has 1 fully saturated rings. The van der Waals surface area contributed by atoms with Crippen molar-refractivity contribution in [3.8, 4) is 0 Å².